The minimum absolute atomic E-state index is 0.0382. The quantitative estimate of drug-likeness (QED) is 0.663. The Labute approximate surface area is 111 Å². The van der Waals surface area contributed by atoms with Crippen LogP contribution < -0.4 is 21.1 Å². The van der Waals surface area contributed by atoms with Crippen molar-refractivity contribution in [3.05, 3.63) is 10.4 Å². The second-order valence-electron chi connectivity index (χ2n) is 4.33. The molecule has 3 N–H and O–H groups in total. The fraction of sp³-hybridized carbons (Fsp3) is 0.636. The van der Waals surface area contributed by atoms with Gasteiger partial charge in [0, 0.05) is 13.6 Å². The maximum absolute atomic E-state index is 12.3. The molecular formula is C11H19N5O3. The summed E-state index contributed by atoms with van der Waals surface area (Å²) in [6, 6.07) is 0. The van der Waals surface area contributed by atoms with Crippen LogP contribution in [0.4, 0.5) is 17.5 Å². The van der Waals surface area contributed by atoms with Crippen LogP contribution in [0.15, 0.2) is 4.79 Å². The first-order chi connectivity index (χ1) is 9.10. The lowest BCUT2D eigenvalue weighted by Crippen LogP contribution is -2.31. The zero-order valence-corrected chi connectivity index (χ0v) is 11.2. The van der Waals surface area contributed by atoms with Gasteiger partial charge >= 0.3 is 0 Å². The van der Waals surface area contributed by atoms with Crippen molar-refractivity contribution in [2.45, 2.75) is 13.5 Å². The maximum atomic E-state index is 12.3. The maximum Gasteiger partial charge on any atom is 0.280 e. The van der Waals surface area contributed by atoms with Crippen LogP contribution >= 0.6 is 0 Å². The van der Waals surface area contributed by atoms with Crippen LogP contribution in [0, 0.1) is 0 Å². The highest BCUT2D eigenvalue weighted by Crippen LogP contribution is 2.30. The van der Waals surface area contributed by atoms with Gasteiger partial charge in [-0.2, -0.15) is 4.98 Å². The van der Waals surface area contributed by atoms with Crippen LogP contribution in [0.25, 0.3) is 0 Å². The van der Waals surface area contributed by atoms with Crippen LogP contribution in [-0.4, -0.2) is 48.3 Å². The minimum atomic E-state index is -0.142. The van der Waals surface area contributed by atoms with Gasteiger partial charge in [-0.1, -0.05) is 0 Å². The summed E-state index contributed by atoms with van der Waals surface area (Å²) in [7, 11) is 1.82. The number of ether oxygens (including phenoxy) is 1. The Kier molecular flexibility index (Phi) is 3.91. The van der Waals surface area contributed by atoms with Crippen molar-refractivity contribution in [2.75, 3.05) is 49.2 Å². The van der Waals surface area contributed by atoms with Crippen molar-refractivity contribution < 1.29 is 9.84 Å². The van der Waals surface area contributed by atoms with Crippen molar-refractivity contribution >= 4 is 17.5 Å². The minimum Gasteiger partial charge on any atom is -0.394 e. The largest absolute Gasteiger partial charge is 0.394 e. The van der Waals surface area contributed by atoms with Crippen molar-refractivity contribution in [1.29, 1.82) is 0 Å². The molecular weight excluding hydrogens is 250 g/mol. The van der Waals surface area contributed by atoms with E-state index in [0.717, 1.165) is 0 Å². The van der Waals surface area contributed by atoms with Crippen LogP contribution in [0.3, 0.4) is 0 Å². The Bertz CT molecular complexity index is 516. The second kappa shape index (κ2) is 5.45. The molecule has 0 unspecified atom stereocenters. The molecule has 0 aromatic carbocycles. The van der Waals surface area contributed by atoms with Gasteiger partial charge in [0.15, 0.2) is 5.82 Å². The van der Waals surface area contributed by atoms with E-state index >= 15 is 0 Å². The summed E-state index contributed by atoms with van der Waals surface area (Å²) >= 11 is 0. The molecule has 106 valence electrons. The molecule has 1 aromatic heterocycles. The highest BCUT2D eigenvalue weighted by molar-refractivity contribution is 5.72. The molecule has 8 nitrogen and oxygen atoms in total. The van der Waals surface area contributed by atoms with Gasteiger partial charge in [0.1, 0.15) is 12.4 Å². The van der Waals surface area contributed by atoms with Crippen molar-refractivity contribution in [3.63, 3.8) is 0 Å². The summed E-state index contributed by atoms with van der Waals surface area (Å²) in [6.45, 7) is 3.32. The molecule has 0 atom stereocenters. The smallest absolute Gasteiger partial charge is 0.280 e. The molecule has 2 heterocycles. The highest BCUT2D eigenvalue weighted by Gasteiger charge is 2.29. The Balaban J connectivity index is 2.34. The molecule has 0 saturated carbocycles. The summed E-state index contributed by atoms with van der Waals surface area (Å²) < 4.78 is 6.71. The normalized spacial score (nSPS) is 14.1. The lowest BCUT2D eigenvalue weighted by atomic mass is 10.4. The van der Waals surface area contributed by atoms with Gasteiger partial charge in [-0.3, -0.25) is 9.36 Å². The number of hydrogen-bond acceptors (Lipinski definition) is 7. The zero-order chi connectivity index (χ0) is 14.0. The van der Waals surface area contributed by atoms with Crippen molar-refractivity contribution in [3.8, 4) is 0 Å². The van der Waals surface area contributed by atoms with Crippen molar-refractivity contribution in [1.82, 2.24) is 9.55 Å². The number of rotatable bonds is 5. The topological polar surface area (TPSA) is 96.9 Å². The number of nitrogens with zero attached hydrogens (tertiary/aromatic N) is 4. The molecule has 0 saturated heterocycles. The van der Waals surface area contributed by atoms with Crippen LogP contribution in [0.5, 0.6) is 0 Å². The highest BCUT2D eigenvalue weighted by atomic mass is 16.5. The van der Waals surface area contributed by atoms with E-state index in [4.69, 9.17) is 15.6 Å². The van der Waals surface area contributed by atoms with E-state index in [1.54, 1.807) is 0 Å². The van der Waals surface area contributed by atoms with E-state index in [1.807, 2.05) is 23.8 Å². The summed E-state index contributed by atoms with van der Waals surface area (Å²) in [5.41, 5.74) is 6.18. The van der Waals surface area contributed by atoms with E-state index in [1.165, 1.54) is 4.57 Å². The number of aliphatic hydroxyl groups excluding tert-OH is 1. The number of nitrogens with two attached hydrogens (primary N) is 1. The van der Waals surface area contributed by atoms with Gasteiger partial charge < -0.3 is 25.4 Å². The Morgan fingerprint density at radius 1 is 1.53 bits per heavy atom. The molecule has 0 amide bonds. The number of aliphatic hydroxyl groups is 1. The first-order valence-corrected chi connectivity index (χ1v) is 6.15. The average Bonchev–Trinajstić information content (AvgIpc) is 2.67. The van der Waals surface area contributed by atoms with E-state index in [-0.39, 0.29) is 31.5 Å². The number of fused-ring (bicyclic) bond motifs is 1. The number of aromatic nitrogens is 2. The molecule has 1 aliphatic rings. The molecule has 0 bridgehead atoms. The van der Waals surface area contributed by atoms with Gasteiger partial charge in [0.2, 0.25) is 5.95 Å². The molecule has 0 fully saturated rings. The first-order valence-electron chi connectivity index (χ1n) is 6.15. The molecule has 0 spiro atoms. The third kappa shape index (κ3) is 2.36. The summed E-state index contributed by atoms with van der Waals surface area (Å²) in [6.07, 6.45) is 0. The average molecular weight is 269 g/mol. The number of nitrogen functional groups attached to an aromatic ring is 1. The predicted octanol–water partition coefficient (Wildman–Crippen LogP) is -0.974. The summed E-state index contributed by atoms with van der Waals surface area (Å²) in [4.78, 5) is 20.2. The van der Waals surface area contributed by atoms with E-state index in [2.05, 4.69) is 4.98 Å². The molecule has 1 aliphatic heterocycles. The fourth-order valence-corrected chi connectivity index (χ4v) is 2.14. The molecule has 2 rings (SSSR count). The standard InChI is InChI=1S/C11H19N5O3/c1-3-16-10(18)8-9(13-11(16)12)15(6-14(8)2)7-19-5-4-17/h17H,3-7H2,1-2H3,(H2,12,13). The van der Waals surface area contributed by atoms with Gasteiger partial charge in [-0.05, 0) is 6.92 Å². The third-order valence-corrected chi connectivity index (χ3v) is 3.02. The Morgan fingerprint density at radius 2 is 2.26 bits per heavy atom. The van der Waals surface area contributed by atoms with Crippen molar-refractivity contribution in [2.24, 2.45) is 0 Å². The van der Waals surface area contributed by atoms with E-state index in [9.17, 15) is 4.79 Å². The van der Waals surface area contributed by atoms with Crippen LogP contribution in [0.2, 0.25) is 0 Å². The number of anilines is 3. The molecule has 0 aliphatic carbocycles. The zero-order valence-electron chi connectivity index (χ0n) is 11.2. The van der Waals surface area contributed by atoms with Crippen LogP contribution in [0.1, 0.15) is 6.92 Å². The van der Waals surface area contributed by atoms with Gasteiger partial charge in [0.05, 0.1) is 19.9 Å². The van der Waals surface area contributed by atoms with E-state index < -0.39 is 0 Å². The second-order valence-corrected chi connectivity index (χ2v) is 4.33. The van der Waals surface area contributed by atoms with E-state index in [0.29, 0.717) is 24.7 Å². The SMILES string of the molecule is CCn1c(N)nc2c(c1=O)N(C)CN2COCCO. The monoisotopic (exact) mass is 269 g/mol. The lowest BCUT2D eigenvalue weighted by Gasteiger charge is -2.18. The Morgan fingerprint density at radius 3 is 2.89 bits per heavy atom. The number of hydrogen-bond donors (Lipinski definition) is 2. The van der Waals surface area contributed by atoms with Gasteiger partial charge in [-0.25, -0.2) is 0 Å². The molecule has 8 heteroatoms. The van der Waals surface area contributed by atoms with Gasteiger partial charge in [0.25, 0.3) is 5.56 Å². The molecule has 0 radical (unpaired) electrons. The summed E-state index contributed by atoms with van der Waals surface area (Å²) in [5.74, 6) is 0.737. The van der Waals surface area contributed by atoms with Crippen LogP contribution in [-0.2, 0) is 11.3 Å². The lowest BCUT2D eigenvalue weighted by molar-refractivity contribution is 0.0930. The molecule has 1 aromatic rings. The Hall–Kier alpha value is -1.80. The fourth-order valence-electron chi connectivity index (χ4n) is 2.14. The third-order valence-electron chi connectivity index (χ3n) is 3.02. The van der Waals surface area contributed by atoms with Gasteiger partial charge in [-0.15, -0.1) is 0 Å². The molecule has 19 heavy (non-hydrogen) atoms. The predicted molar refractivity (Wildman–Crippen MR) is 72.2 cm³/mol. The summed E-state index contributed by atoms with van der Waals surface area (Å²) in [5, 5.41) is 8.70. The first kappa shape index (κ1) is 13.6.